The summed E-state index contributed by atoms with van der Waals surface area (Å²) in [5.74, 6) is 4.81. The lowest BCUT2D eigenvalue weighted by Gasteiger charge is -2.05. The van der Waals surface area contributed by atoms with E-state index in [2.05, 4.69) is 13.2 Å². The number of carbonyl (C=O) groups excluding carboxylic acids is 1. The molecule has 0 aliphatic carbocycles. The van der Waals surface area contributed by atoms with Crippen LogP contribution in [-0.4, -0.2) is 13.0 Å². The number of ether oxygens (including phenoxy) is 1. The molecule has 0 aliphatic rings. The zero-order chi connectivity index (χ0) is 9.56. The quantitative estimate of drug-likeness (QED) is 0.158. The number of amides is 1. The van der Waals surface area contributed by atoms with Gasteiger partial charge in [-0.1, -0.05) is 19.2 Å². The zero-order valence-corrected chi connectivity index (χ0v) is 6.96. The van der Waals surface area contributed by atoms with Gasteiger partial charge in [0.15, 0.2) is 0 Å². The Bertz CT molecular complexity index is 231. The SMILES string of the molecule is C=C/C(OC)=C(\C=C)C(=O)NN. The van der Waals surface area contributed by atoms with E-state index in [4.69, 9.17) is 10.6 Å². The molecular formula is C8H12N2O2. The number of hydrazine groups is 1. The molecule has 4 nitrogen and oxygen atoms in total. The maximum Gasteiger partial charge on any atom is 0.268 e. The van der Waals surface area contributed by atoms with Crippen LogP contribution in [0.25, 0.3) is 0 Å². The largest absolute Gasteiger partial charge is 0.496 e. The van der Waals surface area contributed by atoms with Gasteiger partial charge in [-0.15, -0.1) is 0 Å². The number of hydrogen-bond acceptors (Lipinski definition) is 3. The maximum atomic E-state index is 11.0. The second-order valence-electron chi connectivity index (χ2n) is 1.86. The fourth-order valence-electron chi connectivity index (χ4n) is 0.686. The Hall–Kier alpha value is -1.55. The molecule has 4 heteroatoms. The van der Waals surface area contributed by atoms with Crippen LogP contribution in [0.1, 0.15) is 0 Å². The number of rotatable bonds is 4. The van der Waals surface area contributed by atoms with Crippen LogP contribution in [0.4, 0.5) is 0 Å². The van der Waals surface area contributed by atoms with E-state index < -0.39 is 5.91 Å². The van der Waals surface area contributed by atoms with E-state index in [9.17, 15) is 4.79 Å². The molecular weight excluding hydrogens is 156 g/mol. The van der Waals surface area contributed by atoms with Crippen molar-refractivity contribution in [2.24, 2.45) is 5.84 Å². The highest BCUT2D eigenvalue weighted by Crippen LogP contribution is 2.07. The molecule has 0 unspecified atom stereocenters. The first-order valence-corrected chi connectivity index (χ1v) is 3.25. The minimum Gasteiger partial charge on any atom is -0.496 e. The number of hydrogen-bond donors (Lipinski definition) is 2. The van der Waals surface area contributed by atoms with E-state index >= 15 is 0 Å². The summed E-state index contributed by atoms with van der Waals surface area (Å²) < 4.78 is 4.85. The van der Waals surface area contributed by atoms with Crippen LogP contribution < -0.4 is 11.3 Å². The molecule has 0 aromatic carbocycles. The van der Waals surface area contributed by atoms with Crippen molar-refractivity contribution in [2.75, 3.05) is 7.11 Å². The van der Waals surface area contributed by atoms with Crippen molar-refractivity contribution in [3.05, 3.63) is 36.6 Å². The third-order valence-electron chi connectivity index (χ3n) is 1.25. The molecule has 0 fully saturated rings. The summed E-state index contributed by atoms with van der Waals surface area (Å²) in [4.78, 5) is 11.0. The van der Waals surface area contributed by atoms with E-state index in [-0.39, 0.29) is 5.57 Å². The molecule has 66 valence electrons. The van der Waals surface area contributed by atoms with E-state index in [1.165, 1.54) is 19.3 Å². The smallest absolute Gasteiger partial charge is 0.268 e. The summed E-state index contributed by atoms with van der Waals surface area (Å²) in [6, 6.07) is 0. The van der Waals surface area contributed by atoms with Crippen molar-refractivity contribution in [3.63, 3.8) is 0 Å². The van der Waals surface area contributed by atoms with Gasteiger partial charge >= 0.3 is 0 Å². The molecule has 1 amide bonds. The summed E-state index contributed by atoms with van der Waals surface area (Å²) in [6.45, 7) is 6.91. The molecule has 0 radical (unpaired) electrons. The van der Waals surface area contributed by atoms with Crippen LogP contribution >= 0.6 is 0 Å². The average molecular weight is 168 g/mol. The maximum absolute atomic E-state index is 11.0. The molecule has 12 heavy (non-hydrogen) atoms. The monoisotopic (exact) mass is 168 g/mol. The van der Waals surface area contributed by atoms with Crippen LogP contribution in [0.15, 0.2) is 36.6 Å². The summed E-state index contributed by atoms with van der Waals surface area (Å²) in [6.07, 6.45) is 2.76. The summed E-state index contributed by atoms with van der Waals surface area (Å²) in [5.41, 5.74) is 2.23. The molecule has 0 aromatic rings. The van der Waals surface area contributed by atoms with Gasteiger partial charge in [-0.25, -0.2) is 5.84 Å². The lowest BCUT2D eigenvalue weighted by molar-refractivity contribution is -0.117. The van der Waals surface area contributed by atoms with Crippen molar-refractivity contribution in [1.82, 2.24) is 5.43 Å². The Labute approximate surface area is 71.4 Å². The molecule has 0 saturated carbocycles. The van der Waals surface area contributed by atoms with Crippen molar-refractivity contribution in [3.8, 4) is 0 Å². The highest BCUT2D eigenvalue weighted by molar-refractivity contribution is 5.96. The topological polar surface area (TPSA) is 64.3 Å². The van der Waals surface area contributed by atoms with E-state index in [1.54, 1.807) is 0 Å². The van der Waals surface area contributed by atoms with Crippen molar-refractivity contribution < 1.29 is 9.53 Å². The molecule has 0 saturated heterocycles. The first-order valence-electron chi connectivity index (χ1n) is 3.25. The Kier molecular flexibility index (Phi) is 4.48. The number of carbonyl (C=O) groups is 1. The number of nitrogens with two attached hydrogens (primary N) is 1. The third kappa shape index (κ3) is 2.25. The molecule has 0 rings (SSSR count). The van der Waals surface area contributed by atoms with Gasteiger partial charge in [-0.3, -0.25) is 10.2 Å². The average Bonchev–Trinajstić information content (AvgIpc) is 2.12. The highest BCUT2D eigenvalue weighted by Gasteiger charge is 2.08. The van der Waals surface area contributed by atoms with E-state index in [0.29, 0.717) is 5.76 Å². The molecule has 0 atom stereocenters. The zero-order valence-electron chi connectivity index (χ0n) is 6.96. The Morgan fingerprint density at radius 3 is 2.33 bits per heavy atom. The first kappa shape index (κ1) is 10.4. The lowest BCUT2D eigenvalue weighted by Crippen LogP contribution is -2.31. The summed E-state index contributed by atoms with van der Waals surface area (Å²) >= 11 is 0. The van der Waals surface area contributed by atoms with Crippen LogP contribution in [0.3, 0.4) is 0 Å². The van der Waals surface area contributed by atoms with Crippen molar-refractivity contribution in [2.45, 2.75) is 0 Å². The lowest BCUT2D eigenvalue weighted by atomic mass is 10.2. The van der Waals surface area contributed by atoms with Crippen LogP contribution in [0.2, 0.25) is 0 Å². The van der Waals surface area contributed by atoms with Gasteiger partial charge in [0, 0.05) is 0 Å². The van der Waals surface area contributed by atoms with Crippen molar-refractivity contribution >= 4 is 5.91 Å². The van der Waals surface area contributed by atoms with Gasteiger partial charge in [0.2, 0.25) is 0 Å². The molecule has 0 aromatic heterocycles. The highest BCUT2D eigenvalue weighted by atomic mass is 16.5. The minimum atomic E-state index is -0.457. The molecule has 3 N–H and O–H groups in total. The van der Waals surface area contributed by atoms with Gasteiger partial charge in [0.05, 0.1) is 12.7 Å². The molecule has 0 spiro atoms. The Morgan fingerprint density at radius 2 is 2.08 bits per heavy atom. The van der Waals surface area contributed by atoms with Gasteiger partial charge in [-0.2, -0.15) is 0 Å². The molecule has 0 aliphatic heterocycles. The van der Waals surface area contributed by atoms with Crippen molar-refractivity contribution in [1.29, 1.82) is 0 Å². The van der Waals surface area contributed by atoms with Gasteiger partial charge in [-0.05, 0) is 6.08 Å². The van der Waals surface area contributed by atoms with Crippen LogP contribution in [-0.2, 0) is 9.53 Å². The number of methoxy groups -OCH3 is 1. The Balaban J connectivity index is 4.93. The normalized spacial score (nSPS) is 11.2. The minimum absolute atomic E-state index is 0.259. The van der Waals surface area contributed by atoms with E-state index in [1.807, 2.05) is 5.43 Å². The van der Waals surface area contributed by atoms with Crippen LogP contribution in [0.5, 0.6) is 0 Å². The predicted molar refractivity (Wildman–Crippen MR) is 46.8 cm³/mol. The standard InChI is InChI=1S/C8H12N2O2/c1-4-6(8(11)10-9)7(5-2)12-3/h4-5H,1-2,9H2,3H3,(H,10,11)/b7-6-. The first-order chi connectivity index (χ1) is 5.71. The summed E-state index contributed by atoms with van der Waals surface area (Å²) in [7, 11) is 1.43. The molecule has 0 bridgehead atoms. The Morgan fingerprint density at radius 1 is 1.50 bits per heavy atom. The van der Waals surface area contributed by atoms with Crippen LogP contribution in [0, 0.1) is 0 Å². The van der Waals surface area contributed by atoms with Gasteiger partial charge in [0.25, 0.3) is 5.91 Å². The van der Waals surface area contributed by atoms with E-state index in [0.717, 1.165) is 0 Å². The predicted octanol–water partition coefficient (Wildman–Crippen LogP) is 0.249. The second kappa shape index (κ2) is 5.15. The summed E-state index contributed by atoms with van der Waals surface area (Å²) in [5, 5.41) is 0. The van der Waals surface area contributed by atoms with Gasteiger partial charge in [0.1, 0.15) is 5.76 Å². The fourth-order valence-corrected chi connectivity index (χ4v) is 0.686. The van der Waals surface area contributed by atoms with Gasteiger partial charge < -0.3 is 4.74 Å². The third-order valence-corrected chi connectivity index (χ3v) is 1.25. The molecule has 0 heterocycles. The fraction of sp³-hybridized carbons (Fsp3) is 0.125. The number of allylic oxidation sites excluding steroid dienone is 1. The second-order valence-corrected chi connectivity index (χ2v) is 1.86. The number of nitrogens with one attached hydrogen (secondary N) is 1.